The number of carboxylic acid groups (broad SMARTS) is 1. The van der Waals surface area contributed by atoms with Gasteiger partial charge >= 0.3 is 11.7 Å². The van der Waals surface area contributed by atoms with Gasteiger partial charge in [0.05, 0.1) is 6.61 Å². The molecule has 2 heterocycles. The zero-order valence-electron chi connectivity index (χ0n) is 14.1. The smallest absolute Gasteiger partial charge is 0.329 e. The number of aromatic nitrogens is 4. The van der Waals surface area contributed by atoms with Gasteiger partial charge in [-0.25, -0.2) is 4.79 Å². The Morgan fingerprint density at radius 1 is 1.31 bits per heavy atom. The Labute approximate surface area is 146 Å². The minimum atomic E-state index is -1.15. The number of ether oxygens (including phenoxy) is 1. The zero-order valence-corrected chi connectivity index (χ0v) is 14.1. The van der Waals surface area contributed by atoms with Crippen LogP contribution in [0.5, 0.6) is 5.75 Å². The third-order valence-corrected chi connectivity index (χ3v) is 3.72. The normalized spacial score (nSPS) is 10.8. The fourth-order valence-electron chi connectivity index (χ4n) is 2.55. The van der Waals surface area contributed by atoms with Gasteiger partial charge in [-0.3, -0.25) is 23.7 Å². The predicted octanol–water partition coefficient (Wildman–Crippen LogP) is 0.650. The minimum absolute atomic E-state index is 0.00272. The van der Waals surface area contributed by atoms with Gasteiger partial charge in [0.25, 0.3) is 5.56 Å². The number of carbonyl (C=O) groups is 1. The van der Waals surface area contributed by atoms with Crippen LogP contribution in [0.3, 0.4) is 0 Å². The van der Waals surface area contributed by atoms with Gasteiger partial charge < -0.3 is 15.2 Å². The van der Waals surface area contributed by atoms with Crippen molar-refractivity contribution < 1.29 is 14.6 Å². The van der Waals surface area contributed by atoms with E-state index in [-0.39, 0.29) is 17.1 Å². The molecule has 136 valence electrons. The highest BCUT2D eigenvalue weighted by Crippen LogP contribution is 2.22. The molecular formula is C16H17N5O5. The zero-order chi connectivity index (χ0) is 18.8. The van der Waals surface area contributed by atoms with Crippen molar-refractivity contribution in [2.75, 3.05) is 11.9 Å². The molecular weight excluding hydrogens is 342 g/mol. The first-order chi connectivity index (χ1) is 12.4. The van der Waals surface area contributed by atoms with Crippen LogP contribution in [-0.4, -0.2) is 36.8 Å². The van der Waals surface area contributed by atoms with Crippen LogP contribution in [-0.2, 0) is 18.4 Å². The van der Waals surface area contributed by atoms with Crippen molar-refractivity contribution in [2.45, 2.75) is 13.5 Å². The van der Waals surface area contributed by atoms with Crippen LogP contribution in [0.15, 0.2) is 33.9 Å². The Balaban J connectivity index is 2.10. The number of aryl methyl sites for hydroxylation is 1. The number of anilines is 2. The largest absolute Gasteiger partial charge is 0.494 e. The molecule has 0 saturated heterocycles. The number of aromatic amines is 1. The summed E-state index contributed by atoms with van der Waals surface area (Å²) in [5, 5.41) is 12.1. The van der Waals surface area contributed by atoms with Crippen LogP contribution >= 0.6 is 0 Å². The Hall–Kier alpha value is -3.56. The highest BCUT2D eigenvalue weighted by Gasteiger charge is 2.19. The van der Waals surface area contributed by atoms with Crippen molar-refractivity contribution >= 4 is 28.8 Å². The Bertz CT molecular complexity index is 1080. The topological polar surface area (TPSA) is 131 Å². The number of imidazole rings is 1. The van der Waals surface area contributed by atoms with Gasteiger partial charge in [-0.2, -0.15) is 4.98 Å². The summed E-state index contributed by atoms with van der Waals surface area (Å²) in [4.78, 5) is 41.5. The fraction of sp³-hybridized carbons (Fsp3) is 0.250. The summed E-state index contributed by atoms with van der Waals surface area (Å²) in [5.74, 6) is -0.318. The van der Waals surface area contributed by atoms with Crippen molar-refractivity contribution in [3.63, 3.8) is 0 Å². The maximum absolute atomic E-state index is 12.2. The molecule has 0 fully saturated rings. The SMILES string of the molecule is CCOc1ccc(Nc2nc3c(c(=O)[nH]c(=O)n3C)n2CC(=O)O)cc1. The number of rotatable bonds is 6. The summed E-state index contributed by atoms with van der Waals surface area (Å²) in [6, 6.07) is 6.97. The highest BCUT2D eigenvalue weighted by atomic mass is 16.5. The van der Waals surface area contributed by atoms with Crippen LogP contribution in [0, 0.1) is 0 Å². The molecule has 2 aromatic heterocycles. The van der Waals surface area contributed by atoms with Crippen LogP contribution in [0.25, 0.3) is 11.2 Å². The number of nitrogens with one attached hydrogen (secondary N) is 2. The number of benzene rings is 1. The standard InChI is InChI=1S/C16H17N5O5/c1-3-26-10-6-4-9(5-7-10)17-15-18-13-12(21(15)8-11(22)23)14(24)19-16(25)20(13)2/h4-7H,3,8H2,1-2H3,(H,17,18)(H,22,23)(H,19,24,25). The molecule has 0 amide bonds. The van der Waals surface area contributed by atoms with Gasteiger partial charge in [0.2, 0.25) is 5.95 Å². The number of aliphatic carboxylic acids is 1. The quantitative estimate of drug-likeness (QED) is 0.589. The lowest BCUT2D eigenvalue weighted by molar-refractivity contribution is -0.137. The van der Waals surface area contributed by atoms with Gasteiger partial charge in [0.15, 0.2) is 11.2 Å². The van der Waals surface area contributed by atoms with Crippen molar-refractivity contribution in [1.82, 2.24) is 19.1 Å². The van der Waals surface area contributed by atoms with Crippen molar-refractivity contribution in [3.05, 3.63) is 45.1 Å². The Morgan fingerprint density at radius 3 is 2.62 bits per heavy atom. The molecule has 1 aromatic carbocycles. The molecule has 3 rings (SSSR count). The second-order valence-electron chi connectivity index (χ2n) is 5.49. The molecule has 0 aliphatic rings. The first-order valence-electron chi connectivity index (χ1n) is 7.82. The molecule has 3 N–H and O–H groups in total. The lowest BCUT2D eigenvalue weighted by Crippen LogP contribution is -2.29. The second-order valence-corrected chi connectivity index (χ2v) is 5.49. The van der Waals surface area contributed by atoms with E-state index in [4.69, 9.17) is 4.74 Å². The molecule has 0 aliphatic carbocycles. The molecule has 0 aliphatic heterocycles. The number of hydrogen-bond acceptors (Lipinski definition) is 6. The van der Waals surface area contributed by atoms with Crippen LogP contribution in [0.2, 0.25) is 0 Å². The third kappa shape index (κ3) is 3.16. The average Bonchev–Trinajstić information content (AvgIpc) is 2.93. The molecule has 0 atom stereocenters. The van der Waals surface area contributed by atoms with E-state index in [0.29, 0.717) is 18.0 Å². The maximum atomic E-state index is 12.2. The molecule has 26 heavy (non-hydrogen) atoms. The minimum Gasteiger partial charge on any atom is -0.494 e. The Morgan fingerprint density at radius 2 is 2.00 bits per heavy atom. The van der Waals surface area contributed by atoms with Gasteiger partial charge in [-0.15, -0.1) is 0 Å². The first-order valence-corrected chi connectivity index (χ1v) is 7.82. The first kappa shape index (κ1) is 17.3. The molecule has 0 saturated carbocycles. The van der Waals surface area contributed by atoms with Gasteiger partial charge in [0, 0.05) is 12.7 Å². The lowest BCUT2D eigenvalue weighted by atomic mass is 10.3. The van der Waals surface area contributed by atoms with E-state index in [1.807, 2.05) is 6.92 Å². The van der Waals surface area contributed by atoms with Crippen LogP contribution in [0.4, 0.5) is 11.6 Å². The maximum Gasteiger partial charge on any atom is 0.329 e. The van der Waals surface area contributed by atoms with Gasteiger partial charge in [0.1, 0.15) is 12.3 Å². The highest BCUT2D eigenvalue weighted by molar-refractivity contribution is 5.78. The molecule has 10 heteroatoms. The fourth-order valence-corrected chi connectivity index (χ4v) is 2.55. The summed E-state index contributed by atoms with van der Waals surface area (Å²) in [6.07, 6.45) is 0. The predicted molar refractivity (Wildman–Crippen MR) is 94.1 cm³/mol. The molecule has 0 radical (unpaired) electrons. The lowest BCUT2D eigenvalue weighted by Gasteiger charge is -2.09. The number of nitrogens with zero attached hydrogens (tertiary/aromatic N) is 3. The van der Waals surface area contributed by atoms with E-state index in [2.05, 4.69) is 15.3 Å². The van der Waals surface area contributed by atoms with Crippen molar-refractivity contribution in [3.8, 4) is 5.75 Å². The summed E-state index contributed by atoms with van der Waals surface area (Å²) in [6.45, 7) is 1.93. The average molecular weight is 359 g/mol. The molecule has 0 spiro atoms. The number of H-pyrrole nitrogens is 1. The summed E-state index contributed by atoms with van der Waals surface area (Å²) < 4.78 is 7.74. The number of hydrogen-bond donors (Lipinski definition) is 3. The Kier molecular flexibility index (Phi) is 4.48. The molecule has 10 nitrogen and oxygen atoms in total. The van der Waals surface area contributed by atoms with Gasteiger partial charge in [-0.1, -0.05) is 0 Å². The van der Waals surface area contributed by atoms with Crippen LogP contribution in [0.1, 0.15) is 6.92 Å². The molecule has 3 aromatic rings. The van der Waals surface area contributed by atoms with E-state index in [1.165, 1.54) is 11.6 Å². The third-order valence-electron chi connectivity index (χ3n) is 3.72. The van der Waals surface area contributed by atoms with E-state index < -0.39 is 23.8 Å². The molecule has 0 bridgehead atoms. The van der Waals surface area contributed by atoms with E-state index in [9.17, 15) is 19.5 Å². The summed E-state index contributed by atoms with van der Waals surface area (Å²) in [7, 11) is 1.44. The van der Waals surface area contributed by atoms with E-state index >= 15 is 0 Å². The van der Waals surface area contributed by atoms with Crippen molar-refractivity contribution in [2.24, 2.45) is 7.05 Å². The monoisotopic (exact) mass is 359 g/mol. The van der Waals surface area contributed by atoms with Crippen molar-refractivity contribution in [1.29, 1.82) is 0 Å². The number of fused-ring (bicyclic) bond motifs is 1. The summed E-state index contributed by atoms with van der Waals surface area (Å²) >= 11 is 0. The summed E-state index contributed by atoms with van der Waals surface area (Å²) in [5.41, 5.74) is -0.611. The molecule has 0 unspecified atom stereocenters. The van der Waals surface area contributed by atoms with Crippen LogP contribution < -0.4 is 21.3 Å². The van der Waals surface area contributed by atoms with E-state index in [0.717, 1.165) is 4.57 Å². The number of carboxylic acids is 1. The van der Waals surface area contributed by atoms with E-state index in [1.54, 1.807) is 24.3 Å². The second kappa shape index (κ2) is 6.75. The van der Waals surface area contributed by atoms with Gasteiger partial charge in [-0.05, 0) is 31.2 Å².